The molecule has 3 nitrogen and oxygen atoms in total. The van der Waals surface area contributed by atoms with Crippen molar-refractivity contribution in [1.82, 2.24) is 0 Å². The maximum absolute atomic E-state index is 9.85. The van der Waals surface area contributed by atoms with E-state index in [-0.39, 0.29) is 6.61 Å². The number of ether oxygens (including phenoxy) is 2. The fraction of sp³-hybridized carbons (Fsp3) is 1.00. The third-order valence-electron chi connectivity index (χ3n) is 0.865. The monoisotopic (exact) mass is 133 g/mol. The standard InChI is InChI=1S/C6H13O3/c1-8-5-6-9-4-2-3-7/h2-6H2,1H3. The summed E-state index contributed by atoms with van der Waals surface area (Å²) in [6.45, 7) is 1.72. The summed E-state index contributed by atoms with van der Waals surface area (Å²) >= 11 is 0. The van der Waals surface area contributed by atoms with Crippen molar-refractivity contribution in [3.8, 4) is 0 Å². The van der Waals surface area contributed by atoms with Gasteiger partial charge in [-0.15, -0.1) is 0 Å². The van der Waals surface area contributed by atoms with Crippen LogP contribution in [0.25, 0.3) is 0 Å². The van der Waals surface area contributed by atoms with E-state index in [9.17, 15) is 5.11 Å². The Hall–Kier alpha value is -0.120. The van der Waals surface area contributed by atoms with E-state index in [2.05, 4.69) is 0 Å². The highest BCUT2D eigenvalue weighted by molar-refractivity contribution is 4.31. The van der Waals surface area contributed by atoms with Crippen LogP contribution in [0.2, 0.25) is 0 Å². The molecular weight excluding hydrogens is 120 g/mol. The normalized spacial score (nSPS) is 10.0. The summed E-state index contributed by atoms with van der Waals surface area (Å²) in [6.07, 6.45) is 0.601. The van der Waals surface area contributed by atoms with Gasteiger partial charge in [-0.25, -0.2) is 5.11 Å². The van der Waals surface area contributed by atoms with Crippen LogP contribution in [-0.2, 0) is 14.6 Å². The highest BCUT2D eigenvalue weighted by Gasteiger charge is 1.85. The minimum Gasteiger partial charge on any atom is -0.382 e. The summed E-state index contributed by atoms with van der Waals surface area (Å²) in [5.41, 5.74) is 0. The lowest BCUT2D eigenvalue weighted by atomic mass is 10.5. The zero-order valence-corrected chi connectivity index (χ0v) is 5.76. The summed E-state index contributed by atoms with van der Waals surface area (Å²) < 4.78 is 9.71. The van der Waals surface area contributed by atoms with Gasteiger partial charge in [0.15, 0.2) is 0 Å². The molecule has 3 heteroatoms. The van der Waals surface area contributed by atoms with Crippen molar-refractivity contribution in [2.24, 2.45) is 0 Å². The van der Waals surface area contributed by atoms with Crippen LogP contribution in [0, 0.1) is 0 Å². The molecule has 0 saturated heterocycles. The van der Waals surface area contributed by atoms with Gasteiger partial charge in [0.25, 0.3) is 0 Å². The van der Waals surface area contributed by atoms with Gasteiger partial charge in [-0.05, 0) is 6.42 Å². The predicted octanol–water partition coefficient (Wildman–Crippen LogP) is 0.470. The molecule has 0 spiro atoms. The van der Waals surface area contributed by atoms with Crippen molar-refractivity contribution < 1.29 is 14.6 Å². The second-order valence-corrected chi connectivity index (χ2v) is 1.66. The first-order chi connectivity index (χ1) is 4.41. The maximum Gasteiger partial charge on any atom is 0.0844 e. The summed E-state index contributed by atoms with van der Waals surface area (Å²) in [5, 5.41) is 9.85. The average Bonchev–Trinajstić information content (AvgIpc) is 1.89. The molecule has 0 fully saturated rings. The lowest BCUT2D eigenvalue weighted by Crippen LogP contribution is -2.03. The van der Waals surface area contributed by atoms with Crippen molar-refractivity contribution in [2.75, 3.05) is 33.5 Å². The zero-order chi connectivity index (χ0) is 6.95. The number of rotatable bonds is 6. The lowest BCUT2D eigenvalue weighted by Gasteiger charge is -1.99. The molecule has 0 aliphatic rings. The molecule has 0 unspecified atom stereocenters. The van der Waals surface area contributed by atoms with Crippen molar-refractivity contribution >= 4 is 0 Å². The van der Waals surface area contributed by atoms with E-state index in [0.29, 0.717) is 26.2 Å². The van der Waals surface area contributed by atoms with Crippen LogP contribution >= 0.6 is 0 Å². The predicted molar refractivity (Wildman–Crippen MR) is 32.9 cm³/mol. The van der Waals surface area contributed by atoms with E-state index in [1.54, 1.807) is 7.11 Å². The fourth-order valence-corrected chi connectivity index (χ4v) is 0.405. The molecule has 0 heterocycles. The Morgan fingerprint density at radius 1 is 1.22 bits per heavy atom. The maximum atomic E-state index is 9.85. The van der Waals surface area contributed by atoms with Gasteiger partial charge in [0.1, 0.15) is 0 Å². The van der Waals surface area contributed by atoms with E-state index >= 15 is 0 Å². The van der Waals surface area contributed by atoms with E-state index in [4.69, 9.17) is 9.47 Å². The molecule has 9 heavy (non-hydrogen) atoms. The molecule has 0 rings (SSSR count). The van der Waals surface area contributed by atoms with Gasteiger partial charge in [-0.3, -0.25) is 0 Å². The molecule has 55 valence electrons. The first-order valence-corrected chi connectivity index (χ1v) is 3.06. The third-order valence-corrected chi connectivity index (χ3v) is 0.865. The van der Waals surface area contributed by atoms with Gasteiger partial charge in [0, 0.05) is 13.7 Å². The summed E-state index contributed by atoms with van der Waals surface area (Å²) in [7, 11) is 1.62. The molecule has 0 bridgehead atoms. The molecule has 0 N–H and O–H groups in total. The summed E-state index contributed by atoms with van der Waals surface area (Å²) in [6, 6.07) is 0. The van der Waals surface area contributed by atoms with E-state index in [0.717, 1.165) is 0 Å². The molecule has 1 radical (unpaired) electrons. The topological polar surface area (TPSA) is 38.4 Å². The van der Waals surface area contributed by atoms with Gasteiger partial charge in [0.2, 0.25) is 0 Å². The minimum absolute atomic E-state index is 0.0486. The van der Waals surface area contributed by atoms with Crippen LogP contribution in [0.4, 0.5) is 0 Å². The van der Waals surface area contributed by atoms with Gasteiger partial charge >= 0.3 is 0 Å². The van der Waals surface area contributed by atoms with Crippen molar-refractivity contribution in [3.05, 3.63) is 0 Å². The Morgan fingerprint density at radius 2 is 2.00 bits per heavy atom. The smallest absolute Gasteiger partial charge is 0.0844 e. The SMILES string of the molecule is COCCOCCC[O]. The highest BCUT2D eigenvalue weighted by atomic mass is 16.5. The number of methoxy groups -OCH3 is 1. The average molecular weight is 133 g/mol. The molecule has 0 saturated carbocycles. The molecule has 0 amide bonds. The first kappa shape index (κ1) is 8.88. The zero-order valence-electron chi connectivity index (χ0n) is 5.76. The molecule has 0 aliphatic carbocycles. The van der Waals surface area contributed by atoms with Gasteiger partial charge in [-0.1, -0.05) is 0 Å². The molecular formula is C6H13O3. The van der Waals surface area contributed by atoms with Crippen molar-refractivity contribution in [3.63, 3.8) is 0 Å². The Bertz CT molecular complexity index is 41.6. The molecule has 0 aromatic rings. The second-order valence-electron chi connectivity index (χ2n) is 1.66. The lowest BCUT2D eigenvalue weighted by molar-refractivity contribution is 0.0568. The van der Waals surface area contributed by atoms with Crippen LogP contribution < -0.4 is 0 Å². The minimum atomic E-state index is -0.0486. The van der Waals surface area contributed by atoms with Crippen molar-refractivity contribution in [2.45, 2.75) is 6.42 Å². The third kappa shape index (κ3) is 7.88. The van der Waals surface area contributed by atoms with Gasteiger partial charge < -0.3 is 9.47 Å². The van der Waals surface area contributed by atoms with Crippen molar-refractivity contribution in [1.29, 1.82) is 0 Å². The number of hydrogen-bond acceptors (Lipinski definition) is 2. The quantitative estimate of drug-likeness (QED) is 0.494. The second kappa shape index (κ2) is 7.88. The Balaban J connectivity index is 2.60. The number of hydrogen-bond donors (Lipinski definition) is 0. The van der Waals surface area contributed by atoms with E-state index < -0.39 is 0 Å². The Kier molecular flexibility index (Phi) is 7.77. The van der Waals surface area contributed by atoms with Crippen LogP contribution in [0.5, 0.6) is 0 Å². The van der Waals surface area contributed by atoms with Crippen LogP contribution in [0.1, 0.15) is 6.42 Å². The van der Waals surface area contributed by atoms with Gasteiger partial charge in [-0.2, -0.15) is 0 Å². The van der Waals surface area contributed by atoms with Crippen LogP contribution in [0.15, 0.2) is 0 Å². The highest BCUT2D eigenvalue weighted by Crippen LogP contribution is 1.80. The van der Waals surface area contributed by atoms with E-state index in [1.165, 1.54) is 0 Å². The molecule has 0 aliphatic heterocycles. The summed E-state index contributed by atoms with van der Waals surface area (Å²) in [4.78, 5) is 0. The van der Waals surface area contributed by atoms with Crippen LogP contribution in [-0.4, -0.2) is 33.5 Å². The molecule has 0 aromatic heterocycles. The summed E-state index contributed by atoms with van der Waals surface area (Å²) in [5.74, 6) is 0. The van der Waals surface area contributed by atoms with E-state index in [1.807, 2.05) is 0 Å². The molecule has 0 aromatic carbocycles. The first-order valence-electron chi connectivity index (χ1n) is 3.06. The van der Waals surface area contributed by atoms with Crippen LogP contribution in [0.3, 0.4) is 0 Å². The Labute approximate surface area is 55.6 Å². The molecule has 0 atom stereocenters. The Morgan fingerprint density at radius 3 is 2.56 bits per heavy atom. The largest absolute Gasteiger partial charge is 0.382 e. The fourth-order valence-electron chi connectivity index (χ4n) is 0.405. The van der Waals surface area contributed by atoms with Gasteiger partial charge in [0.05, 0.1) is 19.8 Å².